The van der Waals surface area contributed by atoms with E-state index in [1.807, 2.05) is 6.92 Å². The lowest BCUT2D eigenvalue weighted by Gasteiger charge is -2.06. The number of nitrogens with one attached hydrogen (secondary N) is 1. The van der Waals surface area contributed by atoms with Crippen LogP contribution in [0.4, 0.5) is 10.7 Å². The van der Waals surface area contributed by atoms with Crippen molar-refractivity contribution in [1.82, 2.24) is 0 Å². The van der Waals surface area contributed by atoms with Gasteiger partial charge in [0.15, 0.2) is 0 Å². The molecule has 7 nitrogen and oxygen atoms in total. The number of benzene rings is 1. The fraction of sp³-hybridized carbons (Fsp3) is 0.200. The summed E-state index contributed by atoms with van der Waals surface area (Å²) in [5.41, 5.74) is 0.460. The normalized spacial score (nSPS) is 10.2. The van der Waals surface area contributed by atoms with Crippen molar-refractivity contribution in [3.05, 3.63) is 56.5 Å². The van der Waals surface area contributed by atoms with Gasteiger partial charge in [-0.15, -0.1) is 11.3 Å². The van der Waals surface area contributed by atoms with Gasteiger partial charge in [0.25, 0.3) is 11.6 Å². The highest BCUT2D eigenvalue weighted by Gasteiger charge is 2.18. The summed E-state index contributed by atoms with van der Waals surface area (Å²) >= 11 is 1.26. The number of nitro benzene ring substituents is 1. The number of non-ortho nitro benzene ring substituents is 1. The average Bonchev–Trinajstić information content (AvgIpc) is 2.88. The van der Waals surface area contributed by atoms with Crippen LogP contribution >= 0.6 is 11.3 Å². The molecule has 120 valence electrons. The molecule has 0 spiro atoms. The number of hydrogen-bond acceptors (Lipinski definition) is 6. The van der Waals surface area contributed by atoms with Gasteiger partial charge in [-0.2, -0.15) is 0 Å². The number of hydrogen-bond donors (Lipinski definition) is 1. The van der Waals surface area contributed by atoms with Gasteiger partial charge in [0.1, 0.15) is 5.00 Å². The van der Waals surface area contributed by atoms with Crippen LogP contribution in [0.1, 0.15) is 32.5 Å². The number of rotatable bonds is 5. The van der Waals surface area contributed by atoms with E-state index >= 15 is 0 Å². The topological polar surface area (TPSA) is 98.5 Å². The minimum Gasteiger partial charge on any atom is -0.462 e. The summed E-state index contributed by atoms with van der Waals surface area (Å²) in [5, 5.41) is 13.6. The number of thiophene rings is 1. The molecule has 0 bridgehead atoms. The van der Waals surface area contributed by atoms with E-state index in [0.29, 0.717) is 10.6 Å². The van der Waals surface area contributed by atoms with Crippen LogP contribution in [-0.2, 0) is 4.74 Å². The SMILES string of the molecule is CCOC(=O)c1cc(C)sc1NC(=O)c1ccc([N+](=O)[O-])cc1. The third-order valence-corrected chi connectivity index (χ3v) is 3.88. The molecular formula is C15H14N2O5S. The van der Waals surface area contributed by atoms with Gasteiger partial charge >= 0.3 is 5.97 Å². The molecule has 0 aliphatic rings. The van der Waals surface area contributed by atoms with Crippen LogP contribution in [-0.4, -0.2) is 23.4 Å². The molecule has 0 aliphatic carbocycles. The summed E-state index contributed by atoms with van der Waals surface area (Å²) in [6.45, 7) is 3.75. The van der Waals surface area contributed by atoms with Crippen molar-refractivity contribution in [2.75, 3.05) is 11.9 Å². The minimum absolute atomic E-state index is 0.0965. The maximum atomic E-state index is 12.2. The van der Waals surface area contributed by atoms with Crippen molar-refractivity contribution in [1.29, 1.82) is 0 Å². The first kappa shape index (κ1) is 16.6. The molecule has 0 radical (unpaired) electrons. The van der Waals surface area contributed by atoms with Crippen molar-refractivity contribution in [3.63, 3.8) is 0 Å². The van der Waals surface area contributed by atoms with Gasteiger partial charge in [-0.25, -0.2) is 4.79 Å². The smallest absolute Gasteiger partial charge is 0.341 e. The van der Waals surface area contributed by atoms with Crippen LogP contribution in [0.2, 0.25) is 0 Å². The molecular weight excluding hydrogens is 320 g/mol. The summed E-state index contributed by atoms with van der Waals surface area (Å²) in [6.07, 6.45) is 0. The zero-order chi connectivity index (χ0) is 17.0. The highest BCUT2D eigenvalue weighted by Crippen LogP contribution is 2.29. The zero-order valence-electron chi connectivity index (χ0n) is 12.5. The maximum Gasteiger partial charge on any atom is 0.341 e. The van der Waals surface area contributed by atoms with Crippen LogP contribution in [0.5, 0.6) is 0 Å². The molecule has 2 rings (SSSR count). The highest BCUT2D eigenvalue weighted by molar-refractivity contribution is 7.16. The summed E-state index contributed by atoms with van der Waals surface area (Å²) in [7, 11) is 0. The molecule has 8 heteroatoms. The van der Waals surface area contributed by atoms with Gasteiger partial charge in [0.2, 0.25) is 0 Å². The lowest BCUT2D eigenvalue weighted by Crippen LogP contribution is -2.14. The van der Waals surface area contributed by atoms with Crippen LogP contribution < -0.4 is 5.32 Å². The second-order valence-corrected chi connectivity index (χ2v) is 5.83. The molecule has 0 saturated carbocycles. The van der Waals surface area contributed by atoms with Gasteiger partial charge in [-0.3, -0.25) is 14.9 Å². The molecule has 0 atom stereocenters. The number of aryl methyl sites for hydroxylation is 1. The van der Waals surface area contributed by atoms with E-state index in [9.17, 15) is 19.7 Å². The third-order valence-electron chi connectivity index (χ3n) is 2.92. The Bertz CT molecular complexity index is 752. The van der Waals surface area contributed by atoms with E-state index in [2.05, 4.69) is 5.32 Å². The molecule has 0 fully saturated rings. The monoisotopic (exact) mass is 334 g/mol. The number of nitro groups is 1. The first-order chi connectivity index (χ1) is 10.9. The number of nitrogens with zero attached hydrogens (tertiary/aromatic N) is 1. The van der Waals surface area contributed by atoms with Crippen LogP contribution in [0.25, 0.3) is 0 Å². The number of ether oxygens (including phenoxy) is 1. The number of esters is 1. The van der Waals surface area contributed by atoms with Gasteiger partial charge in [0.05, 0.1) is 17.1 Å². The molecule has 0 saturated heterocycles. The van der Waals surface area contributed by atoms with Crippen LogP contribution in [0, 0.1) is 17.0 Å². The van der Waals surface area contributed by atoms with Gasteiger partial charge in [-0.05, 0) is 32.0 Å². The van der Waals surface area contributed by atoms with Gasteiger partial charge < -0.3 is 10.1 Å². The second kappa shape index (κ2) is 7.01. The Kier molecular flexibility index (Phi) is 5.07. The Morgan fingerprint density at radius 3 is 2.52 bits per heavy atom. The summed E-state index contributed by atoms with van der Waals surface area (Å²) in [5.74, 6) is -0.955. The molecule has 2 aromatic rings. The predicted molar refractivity (Wildman–Crippen MR) is 86.1 cm³/mol. The van der Waals surface area contributed by atoms with E-state index < -0.39 is 16.8 Å². The molecule has 1 amide bonds. The predicted octanol–water partition coefficient (Wildman–Crippen LogP) is 3.39. The quantitative estimate of drug-likeness (QED) is 0.513. The fourth-order valence-electron chi connectivity index (χ4n) is 1.88. The molecule has 23 heavy (non-hydrogen) atoms. The van der Waals surface area contributed by atoms with Crippen molar-refractivity contribution in [3.8, 4) is 0 Å². The van der Waals surface area contributed by atoms with Crippen molar-refractivity contribution < 1.29 is 19.2 Å². The van der Waals surface area contributed by atoms with Crippen LogP contribution in [0.15, 0.2) is 30.3 Å². The number of amides is 1. The Hall–Kier alpha value is -2.74. The highest BCUT2D eigenvalue weighted by atomic mass is 32.1. The molecule has 1 N–H and O–H groups in total. The fourth-order valence-corrected chi connectivity index (χ4v) is 2.77. The van der Waals surface area contributed by atoms with E-state index in [-0.39, 0.29) is 17.9 Å². The summed E-state index contributed by atoms with van der Waals surface area (Å²) in [4.78, 5) is 35.0. The van der Waals surface area contributed by atoms with Crippen molar-refractivity contribution in [2.24, 2.45) is 0 Å². The number of carbonyl (C=O) groups excluding carboxylic acids is 2. The van der Waals surface area contributed by atoms with E-state index in [1.54, 1.807) is 13.0 Å². The maximum absolute atomic E-state index is 12.2. The molecule has 1 heterocycles. The Morgan fingerprint density at radius 1 is 1.30 bits per heavy atom. The van der Waals surface area contributed by atoms with E-state index in [0.717, 1.165) is 4.88 Å². The lowest BCUT2D eigenvalue weighted by atomic mass is 10.2. The molecule has 0 aliphatic heterocycles. The van der Waals surface area contributed by atoms with Gasteiger partial charge in [0, 0.05) is 22.6 Å². The standard InChI is InChI=1S/C15H14N2O5S/c1-3-22-15(19)12-8-9(2)23-14(12)16-13(18)10-4-6-11(7-5-10)17(20)21/h4-8H,3H2,1-2H3,(H,16,18). The second-order valence-electron chi connectivity index (χ2n) is 4.58. The Morgan fingerprint density at radius 2 is 1.96 bits per heavy atom. The van der Waals surface area contributed by atoms with E-state index in [1.165, 1.54) is 35.6 Å². The average molecular weight is 334 g/mol. The van der Waals surface area contributed by atoms with E-state index in [4.69, 9.17) is 4.74 Å². The molecule has 0 unspecified atom stereocenters. The van der Waals surface area contributed by atoms with Gasteiger partial charge in [-0.1, -0.05) is 0 Å². The largest absolute Gasteiger partial charge is 0.462 e. The Labute approximate surface area is 136 Å². The molecule has 1 aromatic carbocycles. The zero-order valence-corrected chi connectivity index (χ0v) is 13.3. The van der Waals surface area contributed by atoms with Crippen LogP contribution in [0.3, 0.4) is 0 Å². The van der Waals surface area contributed by atoms with Crippen molar-refractivity contribution >= 4 is 33.9 Å². The lowest BCUT2D eigenvalue weighted by molar-refractivity contribution is -0.384. The number of carbonyl (C=O) groups is 2. The first-order valence-electron chi connectivity index (χ1n) is 6.75. The molecule has 1 aromatic heterocycles. The first-order valence-corrected chi connectivity index (χ1v) is 7.57. The number of anilines is 1. The van der Waals surface area contributed by atoms with Crippen molar-refractivity contribution in [2.45, 2.75) is 13.8 Å². The third kappa shape index (κ3) is 3.92. The Balaban J connectivity index is 2.20. The summed E-state index contributed by atoms with van der Waals surface area (Å²) < 4.78 is 4.95. The minimum atomic E-state index is -0.539. The summed E-state index contributed by atoms with van der Waals surface area (Å²) in [6, 6.07) is 6.87.